The fraction of sp³-hybridized carbons (Fsp3) is 0.0476. The van der Waals surface area contributed by atoms with Crippen molar-refractivity contribution < 1.29 is 19.4 Å². The number of rotatable bonds is 8. The van der Waals surface area contributed by atoms with Crippen LogP contribution in [-0.2, 0) is 6.61 Å². The summed E-state index contributed by atoms with van der Waals surface area (Å²) < 4.78 is 7.51. The predicted molar refractivity (Wildman–Crippen MR) is 137 cm³/mol. The second kappa shape index (κ2) is 11.1. The molecule has 12 heteroatoms. The molecule has 3 aromatic rings. The summed E-state index contributed by atoms with van der Waals surface area (Å²) in [5.74, 6) is 0.0923. The van der Waals surface area contributed by atoms with Crippen LogP contribution in [0.4, 0.5) is 11.4 Å². The number of carbonyl (C=O) groups is 1. The molecule has 0 unspecified atom stereocenters. The van der Waals surface area contributed by atoms with Crippen LogP contribution < -0.4 is 10.2 Å². The quantitative estimate of drug-likeness (QED) is 0.154. The van der Waals surface area contributed by atoms with Crippen molar-refractivity contribution in [3.05, 3.63) is 105 Å². The molecule has 0 bridgehead atoms. The first-order valence-corrected chi connectivity index (χ1v) is 11.3. The smallest absolute Gasteiger partial charge is 0.271 e. The van der Waals surface area contributed by atoms with Crippen molar-refractivity contribution in [1.29, 1.82) is 0 Å². The fourth-order valence-corrected chi connectivity index (χ4v) is 4.78. The van der Waals surface area contributed by atoms with Gasteiger partial charge < -0.3 is 4.74 Å². The summed E-state index contributed by atoms with van der Waals surface area (Å²) in [5, 5.41) is 25.5. The molecular formula is C21H14I2N4O6. The number of carbonyl (C=O) groups excluding carboxylic acids is 1. The minimum Gasteiger partial charge on any atom is -0.487 e. The van der Waals surface area contributed by atoms with E-state index in [0.717, 1.165) is 12.7 Å². The van der Waals surface area contributed by atoms with Crippen LogP contribution in [0.25, 0.3) is 0 Å². The molecule has 0 fully saturated rings. The second-order valence-electron chi connectivity index (χ2n) is 6.53. The summed E-state index contributed by atoms with van der Waals surface area (Å²) in [6.07, 6.45) is 1.46. The van der Waals surface area contributed by atoms with Crippen molar-refractivity contribution in [3.63, 3.8) is 0 Å². The molecule has 0 aliphatic carbocycles. The molecule has 0 saturated carbocycles. The lowest BCUT2D eigenvalue weighted by Crippen LogP contribution is -2.17. The minimum absolute atomic E-state index is 0.0177. The first-order valence-electron chi connectivity index (χ1n) is 9.17. The van der Waals surface area contributed by atoms with E-state index < -0.39 is 15.8 Å². The predicted octanol–water partition coefficient (Wildman–Crippen LogP) is 5.06. The molecule has 0 aromatic heterocycles. The number of hydrazone groups is 1. The van der Waals surface area contributed by atoms with Crippen LogP contribution in [0.3, 0.4) is 0 Å². The number of amides is 1. The maximum atomic E-state index is 12.2. The normalized spacial score (nSPS) is 10.7. The molecule has 0 heterocycles. The highest BCUT2D eigenvalue weighted by molar-refractivity contribution is 14.1. The Morgan fingerprint density at radius 1 is 0.970 bits per heavy atom. The lowest BCUT2D eigenvalue weighted by atomic mass is 10.2. The van der Waals surface area contributed by atoms with Crippen LogP contribution in [0.2, 0.25) is 0 Å². The number of hydrogen-bond acceptors (Lipinski definition) is 7. The highest BCUT2D eigenvalue weighted by Crippen LogP contribution is 2.29. The molecule has 3 rings (SSSR count). The summed E-state index contributed by atoms with van der Waals surface area (Å²) in [4.78, 5) is 32.7. The van der Waals surface area contributed by atoms with Gasteiger partial charge in [-0.15, -0.1) is 0 Å². The van der Waals surface area contributed by atoms with E-state index in [4.69, 9.17) is 4.74 Å². The summed E-state index contributed by atoms with van der Waals surface area (Å²) in [6, 6.07) is 15.1. The van der Waals surface area contributed by atoms with E-state index in [1.165, 1.54) is 42.6 Å². The van der Waals surface area contributed by atoms with E-state index in [9.17, 15) is 25.0 Å². The van der Waals surface area contributed by atoms with E-state index in [-0.39, 0.29) is 23.5 Å². The number of nitrogens with one attached hydrogen (secondary N) is 1. The van der Waals surface area contributed by atoms with Crippen LogP contribution in [0.15, 0.2) is 65.8 Å². The Morgan fingerprint density at radius 2 is 1.61 bits per heavy atom. The number of halogens is 2. The third-order valence-electron chi connectivity index (χ3n) is 4.25. The number of nitro groups is 2. The second-order valence-corrected chi connectivity index (χ2v) is 8.86. The lowest BCUT2D eigenvalue weighted by Gasteiger charge is -2.11. The maximum Gasteiger partial charge on any atom is 0.271 e. The van der Waals surface area contributed by atoms with Crippen molar-refractivity contribution in [2.45, 2.75) is 6.61 Å². The number of ether oxygens (including phenoxy) is 1. The van der Waals surface area contributed by atoms with Crippen LogP contribution in [0, 0.1) is 27.4 Å². The van der Waals surface area contributed by atoms with E-state index in [1.807, 2.05) is 12.1 Å². The van der Waals surface area contributed by atoms with E-state index in [1.54, 1.807) is 12.1 Å². The van der Waals surface area contributed by atoms with Crippen molar-refractivity contribution in [2.75, 3.05) is 0 Å². The summed E-state index contributed by atoms with van der Waals surface area (Å²) in [6.45, 7) is 0.247. The van der Waals surface area contributed by atoms with Crippen molar-refractivity contribution in [1.82, 2.24) is 5.43 Å². The van der Waals surface area contributed by atoms with Gasteiger partial charge >= 0.3 is 0 Å². The van der Waals surface area contributed by atoms with Crippen LogP contribution in [0.1, 0.15) is 21.5 Å². The molecule has 0 spiro atoms. The van der Waals surface area contributed by atoms with E-state index in [2.05, 4.69) is 55.7 Å². The summed E-state index contributed by atoms with van der Waals surface area (Å²) in [7, 11) is 0. The largest absolute Gasteiger partial charge is 0.487 e. The lowest BCUT2D eigenvalue weighted by molar-refractivity contribution is -0.385. The average Bonchev–Trinajstić information content (AvgIpc) is 2.78. The molecular weight excluding hydrogens is 658 g/mol. The van der Waals surface area contributed by atoms with Gasteiger partial charge in [0.25, 0.3) is 17.3 Å². The van der Waals surface area contributed by atoms with Crippen LogP contribution >= 0.6 is 45.2 Å². The van der Waals surface area contributed by atoms with Gasteiger partial charge in [-0.3, -0.25) is 25.0 Å². The van der Waals surface area contributed by atoms with Gasteiger partial charge in [-0.1, -0.05) is 6.07 Å². The zero-order valence-electron chi connectivity index (χ0n) is 16.6. The molecule has 168 valence electrons. The average molecular weight is 672 g/mol. The molecule has 10 nitrogen and oxygen atoms in total. The fourth-order valence-electron chi connectivity index (χ4n) is 2.65. The van der Waals surface area contributed by atoms with Gasteiger partial charge in [-0.2, -0.15) is 5.10 Å². The molecule has 0 saturated heterocycles. The zero-order chi connectivity index (χ0) is 24.0. The number of hydrogen-bond donors (Lipinski definition) is 1. The van der Waals surface area contributed by atoms with Gasteiger partial charge in [-0.25, -0.2) is 5.43 Å². The first-order chi connectivity index (χ1) is 15.7. The Balaban J connectivity index is 1.64. The van der Waals surface area contributed by atoms with Crippen LogP contribution in [-0.4, -0.2) is 22.0 Å². The minimum atomic E-state index is -0.574. The maximum absolute atomic E-state index is 12.2. The molecule has 1 N–H and O–H groups in total. The number of benzene rings is 3. The molecule has 3 aromatic carbocycles. The molecule has 0 atom stereocenters. The first kappa shape index (κ1) is 24.5. The number of nitrogens with zero attached hydrogens (tertiary/aromatic N) is 3. The molecule has 33 heavy (non-hydrogen) atoms. The topological polar surface area (TPSA) is 137 Å². The van der Waals surface area contributed by atoms with Gasteiger partial charge in [0.1, 0.15) is 12.4 Å². The Kier molecular flexibility index (Phi) is 8.26. The van der Waals surface area contributed by atoms with Gasteiger partial charge in [0.15, 0.2) is 0 Å². The Morgan fingerprint density at radius 3 is 2.21 bits per heavy atom. The molecule has 0 aliphatic rings. The number of non-ortho nitro benzene ring substituents is 2. The highest BCUT2D eigenvalue weighted by atomic mass is 127. The van der Waals surface area contributed by atoms with E-state index in [0.29, 0.717) is 11.3 Å². The molecule has 0 radical (unpaired) electrons. The Bertz CT molecular complexity index is 1220. The highest BCUT2D eigenvalue weighted by Gasteiger charge is 2.12. The Labute approximate surface area is 214 Å². The van der Waals surface area contributed by atoms with E-state index >= 15 is 0 Å². The third kappa shape index (κ3) is 6.67. The van der Waals surface area contributed by atoms with Gasteiger partial charge in [0.05, 0.1) is 23.2 Å². The molecule has 0 aliphatic heterocycles. The van der Waals surface area contributed by atoms with Crippen LogP contribution in [0.5, 0.6) is 5.75 Å². The van der Waals surface area contributed by atoms with Gasteiger partial charge in [0.2, 0.25) is 0 Å². The SMILES string of the molecule is O=C(N/N=C\c1cc(I)c(OCc2ccc([N+](=O)[O-])cc2)c(I)c1)c1cccc([N+](=O)[O-])c1. The molecule has 1 amide bonds. The van der Waals surface area contributed by atoms with Gasteiger partial charge in [-0.05, 0) is 86.6 Å². The Hall–Kier alpha value is -3.14. The van der Waals surface area contributed by atoms with Crippen molar-refractivity contribution in [2.24, 2.45) is 5.10 Å². The van der Waals surface area contributed by atoms with Crippen molar-refractivity contribution >= 4 is 68.7 Å². The summed E-state index contributed by atoms with van der Waals surface area (Å²) >= 11 is 4.24. The zero-order valence-corrected chi connectivity index (χ0v) is 20.9. The number of nitro benzene ring substituents is 2. The standard InChI is InChI=1S/C21H14I2N4O6/c22-18-8-14(11-24-25-21(28)15-2-1-3-17(10-15)27(31)32)9-19(23)20(18)33-12-13-4-6-16(7-5-13)26(29)30/h1-11H,12H2,(H,25,28)/b24-11-. The van der Waals surface area contributed by atoms with Gasteiger partial charge in [0, 0.05) is 29.8 Å². The van der Waals surface area contributed by atoms with Crippen molar-refractivity contribution in [3.8, 4) is 5.75 Å². The summed E-state index contributed by atoms with van der Waals surface area (Å²) in [5.41, 5.74) is 3.82. The monoisotopic (exact) mass is 672 g/mol. The third-order valence-corrected chi connectivity index (χ3v) is 5.85.